The summed E-state index contributed by atoms with van der Waals surface area (Å²) in [5.41, 5.74) is 4.98. The van der Waals surface area contributed by atoms with E-state index >= 15 is 0 Å². The van der Waals surface area contributed by atoms with Gasteiger partial charge in [0.1, 0.15) is 0 Å². The molecule has 0 aromatic heterocycles. The van der Waals surface area contributed by atoms with Gasteiger partial charge in [-0.3, -0.25) is 0 Å². The normalized spacial score (nSPS) is 11.1. The lowest BCUT2D eigenvalue weighted by molar-refractivity contribution is 1.42. The van der Waals surface area contributed by atoms with Gasteiger partial charge < -0.3 is 0 Å². The molecule has 0 bridgehead atoms. The SMILES string of the molecule is C=C/C(=C\C)B(CC)c1ccc(C(=C)C)cc1. The van der Waals surface area contributed by atoms with Crippen LogP contribution < -0.4 is 5.46 Å². The Bertz CT molecular complexity index is 423. The van der Waals surface area contributed by atoms with Crippen LogP contribution in [0.25, 0.3) is 5.57 Å². The maximum absolute atomic E-state index is 3.96. The molecule has 0 heterocycles. The minimum atomic E-state index is 0.455. The summed E-state index contributed by atoms with van der Waals surface area (Å²) >= 11 is 0. The average Bonchev–Trinajstić information content (AvgIpc) is 2.36. The molecule has 1 aromatic rings. The molecule has 0 saturated carbocycles. The molecule has 0 atom stereocenters. The molecule has 17 heavy (non-hydrogen) atoms. The Hall–Kier alpha value is -1.50. The number of hydrogen-bond acceptors (Lipinski definition) is 0. The zero-order valence-corrected chi connectivity index (χ0v) is 11.2. The summed E-state index contributed by atoms with van der Waals surface area (Å²) in [6.07, 6.45) is 5.20. The average molecular weight is 224 g/mol. The van der Waals surface area contributed by atoms with Crippen molar-refractivity contribution in [2.45, 2.75) is 27.1 Å². The second kappa shape index (κ2) is 6.29. The zero-order valence-electron chi connectivity index (χ0n) is 11.2. The Balaban J connectivity index is 3.05. The minimum Gasteiger partial charge on any atom is -0.0996 e. The molecule has 0 N–H and O–H groups in total. The molecular formula is C16H21B. The molecule has 1 heteroatoms. The molecule has 0 spiro atoms. The predicted octanol–water partition coefficient (Wildman–Crippen LogP) is 4.11. The molecule has 1 aromatic carbocycles. The fourth-order valence-electron chi connectivity index (χ4n) is 2.13. The highest BCUT2D eigenvalue weighted by Crippen LogP contribution is 2.12. The smallest absolute Gasteiger partial charge is 0.0996 e. The van der Waals surface area contributed by atoms with E-state index in [9.17, 15) is 0 Å². The summed E-state index contributed by atoms with van der Waals surface area (Å²) in [7, 11) is 0. The summed E-state index contributed by atoms with van der Waals surface area (Å²) in [6.45, 7) is 14.6. The van der Waals surface area contributed by atoms with Crippen molar-refractivity contribution in [2.75, 3.05) is 0 Å². The van der Waals surface area contributed by atoms with Crippen molar-refractivity contribution < 1.29 is 0 Å². The first kappa shape index (κ1) is 13.6. The fraction of sp³-hybridized carbons (Fsp3) is 0.250. The summed E-state index contributed by atoms with van der Waals surface area (Å²) in [5, 5.41) is 0. The van der Waals surface area contributed by atoms with Gasteiger partial charge in [-0.25, -0.2) is 0 Å². The van der Waals surface area contributed by atoms with E-state index in [4.69, 9.17) is 0 Å². The highest BCUT2D eigenvalue weighted by atomic mass is 14.0. The summed E-state index contributed by atoms with van der Waals surface area (Å²) in [4.78, 5) is 0. The summed E-state index contributed by atoms with van der Waals surface area (Å²) in [6, 6.07) is 8.70. The molecular weight excluding hydrogens is 203 g/mol. The maximum Gasteiger partial charge on any atom is 0.208 e. The first-order valence-corrected chi connectivity index (χ1v) is 6.18. The van der Waals surface area contributed by atoms with E-state index in [-0.39, 0.29) is 0 Å². The van der Waals surface area contributed by atoms with Crippen molar-refractivity contribution in [2.24, 2.45) is 0 Å². The Morgan fingerprint density at radius 2 is 1.88 bits per heavy atom. The second-order valence-corrected chi connectivity index (χ2v) is 4.36. The Morgan fingerprint density at radius 3 is 2.24 bits per heavy atom. The van der Waals surface area contributed by atoms with Gasteiger partial charge >= 0.3 is 0 Å². The van der Waals surface area contributed by atoms with E-state index in [1.807, 2.05) is 13.0 Å². The third-order valence-corrected chi connectivity index (χ3v) is 3.19. The van der Waals surface area contributed by atoms with Crippen LogP contribution in [0, 0.1) is 0 Å². The molecule has 0 aliphatic rings. The van der Waals surface area contributed by atoms with E-state index in [1.54, 1.807) is 0 Å². The van der Waals surface area contributed by atoms with Crippen LogP contribution in [-0.4, -0.2) is 6.71 Å². The van der Waals surface area contributed by atoms with E-state index in [1.165, 1.54) is 16.5 Å². The molecule has 0 amide bonds. The van der Waals surface area contributed by atoms with E-state index in [0.717, 1.165) is 11.9 Å². The third-order valence-electron chi connectivity index (χ3n) is 3.19. The standard InChI is InChI=1S/C16H21B/c1-6-15(7-2)17(8-3)16-11-9-14(10-12-16)13(4)5/h6-7,9-12H,1,4,8H2,2-3,5H3/b15-7+. The van der Waals surface area contributed by atoms with Crippen LogP contribution in [0.5, 0.6) is 0 Å². The van der Waals surface area contributed by atoms with Crippen LogP contribution >= 0.6 is 0 Å². The molecule has 0 unspecified atom stereocenters. The van der Waals surface area contributed by atoms with Gasteiger partial charge in [0.05, 0.1) is 0 Å². The summed E-state index contributed by atoms with van der Waals surface area (Å²) < 4.78 is 0. The van der Waals surface area contributed by atoms with E-state index in [2.05, 4.69) is 57.3 Å². The lowest BCUT2D eigenvalue weighted by Gasteiger charge is -2.13. The van der Waals surface area contributed by atoms with Crippen LogP contribution in [0.2, 0.25) is 6.32 Å². The van der Waals surface area contributed by atoms with Crippen molar-refractivity contribution >= 4 is 17.7 Å². The van der Waals surface area contributed by atoms with Crippen LogP contribution in [0.4, 0.5) is 0 Å². The Kier molecular flexibility index (Phi) is 5.02. The van der Waals surface area contributed by atoms with Gasteiger partial charge in [-0.15, -0.1) is 0 Å². The van der Waals surface area contributed by atoms with Gasteiger partial charge in [-0.05, 0) is 19.4 Å². The van der Waals surface area contributed by atoms with Crippen LogP contribution in [0.1, 0.15) is 26.3 Å². The number of rotatable bonds is 5. The first-order chi connectivity index (χ1) is 8.13. The van der Waals surface area contributed by atoms with Gasteiger partial charge in [-0.1, -0.05) is 79.3 Å². The predicted molar refractivity (Wildman–Crippen MR) is 81.0 cm³/mol. The second-order valence-electron chi connectivity index (χ2n) is 4.36. The lowest BCUT2D eigenvalue weighted by atomic mass is 9.38. The molecule has 0 nitrogen and oxygen atoms in total. The van der Waals surface area contributed by atoms with Gasteiger partial charge in [0.25, 0.3) is 0 Å². The molecule has 0 aliphatic heterocycles. The van der Waals surface area contributed by atoms with Crippen LogP contribution in [0.3, 0.4) is 0 Å². The largest absolute Gasteiger partial charge is 0.208 e. The Labute approximate surface area is 106 Å². The van der Waals surface area contributed by atoms with Crippen molar-refractivity contribution in [1.29, 1.82) is 0 Å². The van der Waals surface area contributed by atoms with Crippen LogP contribution in [0.15, 0.2) is 55.0 Å². The number of hydrogen-bond donors (Lipinski definition) is 0. The van der Waals surface area contributed by atoms with Crippen molar-refractivity contribution in [3.63, 3.8) is 0 Å². The van der Waals surface area contributed by atoms with Gasteiger partial charge in [0.15, 0.2) is 0 Å². The number of benzene rings is 1. The van der Waals surface area contributed by atoms with Crippen molar-refractivity contribution in [3.8, 4) is 0 Å². The lowest BCUT2D eigenvalue weighted by Crippen LogP contribution is -2.31. The van der Waals surface area contributed by atoms with Gasteiger partial charge in [0.2, 0.25) is 6.71 Å². The van der Waals surface area contributed by atoms with Gasteiger partial charge in [-0.2, -0.15) is 0 Å². The Morgan fingerprint density at radius 1 is 1.29 bits per heavy atom. The highest BCUT2D eigenvalue weighted by molar-refractivity contribution is 6.80. The quantitative estimate of drug-likeness (QED) is 0.521. The van der Waals surface area contributed by atoms with Gasteiger partial charge in [0, 0.05) is 0 Å². The molecule has 0 radical (unpaired) electrons. The summed E-state index contributed by atoms with van der Waals surface area (Å²) in [5.74, 6) is 0. The maximum atomic E-state index is 3.96. The third kappa shape index (κ3) is 3.23. The van der Waals surface area contributed by atoms with Crippen molar-refractivity contribution in [3.05, 3.63) is 60.6 Å². The molecule has 88 valence electrons. The molecule has 0 fully saturated rings. The van der Waals surface area contributed by atoms with Crippen LogP contribution in [-0.2, 0) is 0 Å². The van der Waals surface area contributed by atoms with E-state index in [0.29, 0.717) is 6.71 Å². The topological polar surface area (TPSA) is 0 Å². The molecule has 0 saturated heterocycles. The molecule has 1 rings (SSSR count). The van der Waals surface area contributed by atoms with Crippen molar-refractivity contribution in [1.82, 2.24) is 0 Å². The first-order valence-electron chi connectivity index (χ1n) is 6.18. The highest BCUT2D eigenvalue weighted by Gasteiger charge is 2.16. The number of allylic oxidation sites excluding steroid dienone is 4. The fourth-order valence-corrected chi connectivity index (χ4v) is 2.13. The molecule has 0 aliphatic carbocycles. The monoisotopic (exact) mass is 224 g/mol. The zero-order chi connectivity index (χ0) is 12.8. The minimum absolute atomic E-state index is 0.455. The van der Waals surface area contributed by atoms with E-state index < -0.39 is 0 Å².